The maximum atomic E-state index is 11.9. The van der Waals surface area contributed by atoms with Crippen molar-refractivity contribution in [3.05, 3.63) is 53.1 Å². The number of anilines is 2. The zero-order valence-corrected chi connectivity index (χ0v) is 17.3. The molecule has 0 fully saturated rings. The maximum Gasteiger partial charge on any atom is 0.270 e. The number of halogens is 1. The van der Waals surface area contributed by atoms with Gasteiger partial charge in [0.15, 0.2) is 6.61 Å². The van der Waals surface area contributed by atoms with Crippen molar-refractivity contribution in [1.29, 1.82) is 0 Å². The van der Waals surface area contributed by atoms with Crippen LogP contribution < -0.4 is 15.4 Å². The van der Waals surface area contributed by atoms with E-state index in [2.05, 4.69) is 29.6 Å². The summed E-state index contributed by atoms with van der Waals surface area (Å²) in [6, 6.07) is 12.5. The molecule has 0 saturated carbocycles. The number of ether oxygens (including phenoxy) is 1. The first-order valence-electron chi connectivity index (χ1n) is 9.12. The van der Waals surface area contributed by atoms with Gasteiger partial charge in [-0.25, -0.2) is 0 Å². The van der Waals surface area contributed by atoms with Crippen LogP contribution in [0.25, 0.3) is 0 Å². The van der Waals surface area contributed by atoms with Crippen LogP contribution in [0, 0.1) is 0 Å². The molecular weight excluding hydrogens is 394 g/mol. The van der Waals surface area contributed by atoms with Crippen LogP contribution >= 0.6 is 11.6 Å². The first-order chi connectivity index (χ1) is 13.9. The third-order valence-corrected chi connectivity index (χ3v) is 4.47. The Bertz CT molecular complexity index is 869. The number of nitrogens with one attached hydrogen (secondary N) is 2. The van der Waals surface area contributed by atoms with Gasteiger partial charge in [0.1, 0.15) is 12.0 Å². The van der Waals surface area contributed by atoms with E-state index in [0.29, 0.717) is 28.1 Å². The van der Waals surface area contributed by atoms with E-state index in [1.807, 2.05) is 24.3 Å². The number of amides is 2. The van der Waals surface area contributed by atoms with Crippen LogP contribution in [-0.4, -0.2) is 31.7 Å². The van der Waals surface area contributed by atoms with Gasteiger partial charge < -0.3 is 20.2 Å². The number of nitrogens with zero attached hydrogens (tertiary/aromatic N) is 1. The van der Waals surface area contributed by atoms with Crippen molar-refractivity contribution >= 4 is 41.0 Å². The Hall–Kier alpha value is -3.06. The van der Waals surface area contributed by atoms with Crippen LogP contribution in [0.15, 0.2) is 47.6 Å². The SMILES string of the molecule is CC[C@@H](C)c1ccc(NC(=O)CO/N=C\C(=O)Nc2cc(Cl)ccc2OC)cc1. The van der Waals surface area contributed by atoms with Gasteiger partial charge in [0.05, 0.1) is 12.8 Å². The number of rotatable bonds is 9. The molecule has 0 heterocycles. The molecule has 0 spiro atoms. The first-order valence-corrected chi connectivity index (χ1v) is 9.50. The molecule has 154 valence electrons. The average Bonchev–Trinajstić information content (AvgIpc) is 2.71. The van der Waals surface area contributed by atoms with Gasteiger partial charge in [0.2, 0.25) is 0 Å². The summed E-state index contributed by atoms with van der Waals surface area (Å²) in [5.74, 6) is -0.00629. The summed E-state index contributed by atoms with van der Waals surface area (Å²) in [7, 11) is 1.48. The van der Waals surface area contributed by atoms with Crippen LogP contribution in [0.3, 0.4) is 0 Å². The zero-order valence-electron chi connectivity index (χ0n) is 16.6. The molecule has 0 unspecified atom stereocenters. The predicted octanol–water partition coefficient (Wildman–Crippen LogP) is 4.44. The molecule has 0 aliphatic carbocycles. The largest absolute Gasteiger partial charge is 0.495 e. The number of carbonyl (C=O) groups excluding carboxylic acids is 2. The topological polar surface area (TPSA) is 89.0 Å². The Morgan fingerprint density at radius 2 is 1.90 bits per heavy atom. The number of hydrogen-bond donors (Lipinski definition) is 2. The number of hydrogen-bond acceptors (Lipinski definition) is 5. The monoisotopic (exact) mass is 417 g/mol. The third-order valence-electron chi connectivity index (χ3n) is 4.24. The van der Waals surface area contributed by atoms with Crippen molar-refractivity contribution in [3.8, 4) is 5.75 Å². The van der Waals surface area contributed by atoms with E-state index in [9.17, 15) is 9.59 Å². The summed E-state index contributed by atoms with van der Waals surface area (Å²) in [4.78, 5) is 28.7. The molecule has 0 bridgehead atoms. The minimum absolute atomic E-state index is 0.322. The maximum absolute atomic E-state index is 11.9. The summed E-state index contributed by atoms with van der Waals surface area (Å²) in [6.07, 6.45) is 1.98. The van der Waals surface area contributed by atoms with Crippen LogP contribution in [0.5, 0.6) is 5.75 Å². The van der Waals surface area contributed by atoms with Crippen LogP contribution in [0.2, 0.25) is 5.02 Å². The van der Waals surface area contributed by atoms with Crippen molar-refractivity contribution in [3.63, 3.8) is 0 Å². The number of benzene rings is 2. The third kappa shape index (κ3) is 7.12. The second-order valence-electron chi connectivity index (χ2n) is 6.32. The van der Waals surface area contributed by atoms with E-state index in [0.717, 1.165) is 12.6 Å². The Labute approximate surface area is 175 Å². The minimum Gasteiger partial charge on any atom is -0.495 e. The molecule has 2 amide bonds. The highest BCUT2D eigenvalue weighted by atomic mass is 35.5. The smallest absolute Gasteiger partial charge is 0.270 e. The van der Waals surface area contributed by atoms with Crippen LogP contribution in [0.4, 0.5) is 11.4 Å². The van der Waals surface area contributed by atoms with Crippen LogP contribution in [0.1, 0.15) is 31.7 Å². The Balaban J connectivity index is 1.78. The van der Waals surface area contributed by atoms with Crippen molar-refractivity contribution in [2.45, 2.75) is 26.2 Å². The van der Waals surface area contributed by atoms with Crippen molar-refractivity contribution in [2.75, 3.05) is 24.4 Å². The molecule has 2 aromatic rings. The van der Waals surface area contributed by atoms with Crippen molar-refractivity contribution in [1.82, 2.24) is 0 Å². The lowest BCUT2D eigenvalue weighted by molar-refractivity contribution is -0.120. The average molecular weight is 418 g/mol. The Morgan fingerprint density at radius 1 is 1.17 bits per heavy atom. The molecule has 0 aromatic heterocycles. The van der Waals surface area contributed by atoms with Gasteiger partial charge in [-0.15, -0.1) is 0 Å². The molecule has 2 aromatic carbocycles. The quantitative estimate of drug-likeness (QED) is 0.466. The highest BCUT2D eigenvalue weighted by molar-refractivity contribution is 6.33. The van der Waals surface area contributed by atoms with E-state index in [-0.39, 0.29) is 12.5 Å². The fourth-order valence-corrected chi connectivity index (χ4v) is 2.62. The molecule has 1 atom stereocenters. The molecule has 2 N–H and O–H groups in total. The summed E-state index contributed by atoms with van der Waals surface area (Å²) in [5, 5.41) is 9.23. The summed E-state index contributed by atoms with van der Waals surface area (Å²) >= 11 is 5.91. The van der Waals surface area contributed by atoms with E-state index in [1.54, 1.807) is 18.2 Å². The lowest BCUT2D eigenvalue weighted by Gasteiger charge is -2.10. The molecule has 0 aliphatic rings. The van der Waals surface area contributed by atoms with Gasteiger partial charge in [-0.3, -0.25) is 9.59 Å². The van der Waals surface area contributed by atoms with Crippen LogP contribution in [-0.2, 0) is 14.4 Å². The highest BCUT2D eigenvalue weighted by Crippen LogP contribution is 2.27. The van der Waals surface area contributed by atoms with Crippen molar-refractivity contribution in [2.24, 2.45) is 5.16 Å². The van der Waals surface area contributed by atoms with E-state index in [1.165, 1.54) is 12.7 Å². The molecule has 0 aliphatic heterocycles. The van der Waals surface area contributed by atoms with Gasteiger partial charge in [0, 0.05) is 10.7 Å². The number of carbonyl (C=O) groups is 2. The van der Waals surface area contributed by atoms with E-state index in [4.69, 9.17) is 21.2 Å². The standard InChI is InChI=1S/C21H24ClN3O4/c1-4-14(2)15-5-8-17(9-6-15)24-21(27)13-29-23-12-20(26)25-18-11-16(22)7-10-19(18)28-3/h5-12,14H,4,13H2,1-3H3,(H,24,27)(H,25,26)/b23-12-/t14-/m1/s1. The number of methoxy groups -OCH3 is 1. The second-order valence-corrected chi connectivity index (χ2v) is 6.76. The summed E-state index contributed by atoms with van der Waals surface area (Å²) in [6.45, 7) is 3.96. The van der Waals surface area contributed by atoms with E-state index < -0.39 is 5.91 Å². The zero-order chi connectivity index (χ0) is 21.2. The number of oxime groups is 1. The van der Waals surface area contributed by atoms with Gasteiger partial charge >= 0.3 is 0 Å². The highest BCUT2D eigenvalue weighted by Gasteiger charge is 2.08. The molecule has 8 heteroatoms. The molecular formula is C21H24ClN3O4. The van der Waals surface area contributed by atoms with Gasteiger partial charge in [0.25, 0.3) is 11.8 Å². The molecule has 0 saturated heterocycles. The van der Waals surface area contributed by atoms with Gasteiger partial charge in [-0.2, -0.15) is 0 Å². The molecule has 29 heavy (non-hydrogen) atoms. The molecule has 0 radical (unpaired) electrons. The summed E-state index contributed by atoms with van der Waals surface area (Å²) < 4.78 is 5.14. The lowest BCUT2D eigenvalue weighted by Crippen LogP contribution is -2.18. The van der Waals surface area contributed by atoms with E-state index >= 15 is 0 Å². The van der Waals surface area contributed by atoms with Gasteiger partial charge in [-0.1, -0.05) is 42.7 Å². The molecule has 7 nitrogen and oxygen atoms in total. The Kier molecular flexibility index (Phi) is 8.48. The fraction of sp³-hybridized carbons (Fsp3) is 0.286. The molecule has 2 rings (SSSR count). The van der Waals surface area contributed by atoms with Crippen molar-refractivity contribution < 1.29 is 19.2 Å². The minimum atomic E-state index is -0.549. The normalized spacial score (nSPS) is 11.7. The lowest BCUT2D eigenvalue weighted by atomic mass is 9.99. The fourth-order valence-electron chi connectivity index (χ4n) is 2.45. The van der Waals surface area contributed by atoms with Gasteiger partial charge in [-0.05, 0) is 48.2 Å². The Morgan fingerprint density at radius 3 is 2.55 bits per heavy atom. The summed E-state index contributed by atoms with van der Waals surface area (Å²) in [5.41, 5.74) is 2.28. The second kappa shape index (κ2) is 11.1. The predicted molar refractivity (Wildman–Crippen MR) is 115 cm³/mol. The first kappa shape index (κ1) is 22.2.